The minimum atomic E-state index is 0.218. The third kappa shape index (κ3) is 1.56. The number of hydrogen-bond acceptors (Lipinski definition) is 1. The Bertz CT molecular complexity index is 337. The Balaban J connectivity index is 2.51. The zero-order valence-corrected chi connectivity index (χ0v) is 11.1. The van der Waals surface area contributed by atoms with Gasteiger partial charge in [0, 0.05) is 5.92 Å². The van der Waals surface area contributed by atoms with Crippen LogP contribution in [0.15, 0.2) is 11.1 Å². The summed E-state index contributed by atoms with van der Waals surface area (Å²) in [5, 5.41) is 0. The third-order valence-corrected chi connectivity index (χ3v) is 4.88. The molecule has 0 aromatic heterocycles. The SMILES string of the molecule is CCC1(C)CC(C)(C)C2=C1C(C=O)CCC2. The fraction of sp³-hybridized carbons (Fsp3) is 0.800. The van der Waals surface area contributed by atoms with Crippen molar-refractivity contribution in [2.75, 3.05) is 0 Å². The molecule has 0 fully saturated rings. The van der Waals surface area contributed by atoms with Crippen molar-refractivity contribution in [3.8, 4) is 0 Å². The number of aldehydes is 1. The molecule has 0 aromatic carbocycles. The van der Waals surface area contributed by atoms with E-state index in [1.165, 1.54) is 37.5 Å². The first-order valence-electron chi connectivity index (χ1n) is 6.64. The van der Waals surface area contributed by atoms with Gasteiger partial charge in [-0.15, -0.1) is 0 Å². The van der Waals surface area contributed by atoms with Crippen LogP contribution in [-0.4, -0.2) is 6.29 Å². The second-order valence-electron chi connectivity index (χ2n) is 6.50. The van der Waals surface area contributed by atoms with Crippen molar-refractivity contribution in [1.29, 1.82) is 0 Å². The molecule has 1 nitrogen and oxygen atoms in total. The second kappa shape index (κ2) is 3.72. The number of rotatable bonds is 2. The van der Waals surface area contributed by atoms with E-state index in [2.05, 4.69) is 27.7 Å². The van der Waals surface area contributed by atoms with E-state index in [0.717, 1.165) is 6.42 Å². The molecule has 90 valence electrons. The maximum atomic E-state index is 11.3. The van der Waals surface area contributed by atoms with E-state index in [1.54, 1.807) is 5.57 Å². The minimum absolute atomic E-state index is 0.218. The van der Waals surface area contributed by atoms with Gasteiger partial charge in [0.05, 0.1) is 0 Å². The summed E-state index contributed by atoms with van der Waals surface area (Å²) < 4.78 is 0. The Morgan fingerprint density at radius 2 is 2.06 bits per heavy atom. The highest BCUT2D eigenvalue weighted by atomic mass is 16.1. The van der Waals surface area contributed by atoms with Crippen LogP contribution in [0, 0.1) is 16.7 Å². The van der Waals surface area contributed by atoms with Gasteiger partial charge in [0.1, 0.15) is 6.29 Å². The van der Waals surface area contributed by atoms with E-state index in [0.29, 0.717) is 5.41 Å². The van der Waals surface area contributed by atoms with Gasteiger partial charge in [-0.05, 0) is 42.9 Å². The van der Waals surface area contributed by atoms with Crippen LogP contribution < -0.4 is 0 Å². The molecule has 0 aromatic rings. The summed E-state index contributed by atoms with van der Waals surface area (Å²) in [6.45, 7) is 9.34. The molecule has 0 saturated heterocycles. The van der Waals surface area contributed by atoms with E-state index in [-0.39, 0.29) is 11.3 Å². The zero-order chi connectivity index (χ0) is 12.0. The lowest BCUT2D eigenvalue weighted by Crippen LogP contribution is -2.23. The van der Waals surface area contributed by atoms with Crippen LogP contribution in [0.3, 0.4) is 0 Å². The summed E-state index contributed by atoms with van der Waals surface area (Å²) in [6, 6.07) is 0. The summed E-state index contributed by atoms with van der Waals surface area (Å²) in [5.74, 6) is 0.218. The molecule has 2 aliphatic rings. The van der Waals surface area contributed by atoms with Gasteiger partial charge in [0.15, 0.2) is 0 Å². The largest absolute Gasteiger partial charge is 0.303 e. The van der Waals surface area contributed by atoms with Crippen LogP contribution in [0.1, 0.15) is 59.8 Å². The molecule has 0 radical (unpaired) electrons. The summed E-state index contributed by atoms with van der Waals surface area (Å²) >= 11 is 0. The molecular weight excluding hydrogens is 196 g/mol. The number of hydrogen-bond donors (Lipinski definition) is 0. The quantitative estimate of drug-likeness (QED) is 0.505. The molecule has 0 bridgehead atoms. The standard InChI is InChI=1S/C15H24O/c1-5-15(4)10-14(2,3)12-8-6-7-11(9-16)13(12)15/h9,11H,5-8,10H2,1-4H3. The molecule has 2 unspecified atom stereocenters. The van der Waals surface area contributed by atoms with Crippen molar-refractivity contribution in [1.82, 2.24) is 0 Å². The van der Waals surface area contributed by atoms with E-state index in [4.69, 9.17) is 0 Å². The van der Waals surface area contributed by atoms with Gasteiger partial charge >= 0.3 is 0 Å². The first-order chi connectivity index (χ1) is 7.44. The fourth-order valence-corrected chi connectivity index (χ4v) is 4.15. The number of allylic oxidation sites excluding steroid dienone is 2. The van der Waals surface area contributed by atoms with Crippen LogP contribution in [0.2, 0.25) is 0 Å². The van der Waals surface area contributed by atoms with Gasteiger partial charge in [-0.2, -0.15) is 0 Å². The third-order valence-electron chi connectivity index (χ3n) is 4.88. The monoisotopic (exact) mass is 220 g/mol. The predicted molar refractivity (Wildman–Crippen MR) is 67.2 cm³/mol. The molecule has 0 saturated carbocycles. The summed E-state index contributed by atoms with van der Waals surface area (Å²) in [7, 11) is 0. The molecule has 2 aliphatic carbocycles. The van der Waals surface area contributed by atoms with Gasteiger partial charge < -0.3 is 4.79 Å². The normalized spacial score (nSPS) is 37.4. The van der Waals surface area contributed by atoms with Crippen LogP contribution in [0.4, 0.5) is 0 Å². The molecule has 0 amide bonds. The molecular formula is C15H24O. The van der Waals surface area contributed by atoms with Crippen molar-refractivity contribution in [3.63, 3.8) is 0 Å². The maximum absolute atomic E-state index is 11.3. The molecule has 0 heterocycles. The lowest BCUT2D eigenvalue weighted by molar-refractivity contribution is -0.110. The van der Waals surface area contributed by atoms with Gasteiger partial charge in [0.25, 0.3) is 0 Å². The number of carbonyl (C=O) groups excluding carboxylic acids is 1. The lowest BCUT2D eigenvalue weighted by atomic mass is 9.72. The number of carbonyl (C=O) groups is 1. The molecule has 2 atom stereocenters. The Morgan fingerprint density at radius 3 is 2.62 bits per heavy atom. The van der Waals surface area contributed by atoms with Crippen LogP contribution in [0.25, 0.3) is 0 Å². The van der Waals surface area contributed by atoms with Gasteiger partial charge in [-0.1, -0.05) is 38.8 Å². The van der Waals surface area contributed by atoms with Crippen molar-refractivity contribution in [3.05, 3.63) is 11.1 Å². The molecule has 1 heteroatoms. The zero-order valence-electron chi connectivity index (χ0n) is 11.1. The Kier molecular flexibility index (Phi) is 2.76. The highest BCUT2D eigenvalue weighted by molar-refractivity contribution is 5.62. The van der Waals surface area contributed by atoms with E-state index in [9.17, 15) is 4.79 Å². The Labute approximate surface area is 99.3 Å². The minimum Gasteiger partial charge on any atom is -0.303 e. The van der Waals surface area contributed by atoms with Crippen molar-refractivity contribution >= 4 is 6.29 Å². The van der Waals surface area contributed by atoms with Gasteiger partial charge in [-0.3, -0.25) is 0 Å². The van der Waals surface area contributed by atoms with Crippen molar-refractivity contribution in [2.24, 2.45) is 16.7 Å². The topological polar surface area (TPSA) is 17.1 Å². The summed E-state index contributed by atoms with van der Waals surface area (Å²) in [4.78, 5) is 11.3. The van der Waals surface area contributed by atoms with Crippen LogP contribution >= 0.6 is 0 Å². The molecule has 0 aliphatic heterocycles. The highest BCUT2D eigenvalue weighted by Crippen LogP contribution is 2.59. The average Bonchev–Trinajstić information content (AvgIpc) is 2.47. The average molecular weight is 220 g/mol. The fourth-order valence-electron chi connectivity index (χ4n) is 4.15. The van der Waals surface area contributed by atoms with Crippen molar-refractivity contribution < 1.29 is 4.79 Å². The molecule has 0 spiro atoms. The molecule has 0 N–H and O–H groups in total. The van der Waals surface area contributed by atoms with Crippen molar-refractivity contribution in [2.45, 2.75) is 59.8 Å². The summed E-state index contributed by atoms with van der Waals surface area (Å²) in [6.07, 6.45) is 7.09. The Hall–Kier alpha value is -0.590. The van der Waals surface area contributed by atoms with Gasteiger partial charge in [-0.25, -0.2) is 0 Å². The molecule has 2 rings (SSSR count). The lowest BCUT2D eigenvalue weighted by Gasteiger charge is -2.32. The van der Waals surface area contributed by atoms with E-state index >= 15 is 0 Å². The first-order valence-corrected chi connectivity index (χ1v) is 6.64. The van der Waals surface area contributed by atoms with Crippen LogP contribution in [0.5, 0.6) is 0 Å². The van der Waals surface area contributed by atoms with Gasteiger partial charge in [0.2, 0.25) is 0 Å². The van der Waals surface area contributed by atoms with E-state index < -0.39 is 0 Å². The first kappa shape index (κ1) is 11.9. The highest BCUT2D eigenvalue weighted by Gasteiger charge is 2.48. The van der Waals surface area contributed by atoms with E-state index in [1.807, 2.05) is 0 Å². The second-order valence-corrected chi connectivity index (χ2v) is 6.50. The predicted octanol–water partition coefficient (Wildman–Crippen LogP) is 4.13. The maximum Gasteiger partial charge on any atom is 0.127 e. The molecule has 16 heavy (non-hydrogen) atoms. The summed E-state index contributed by atoms with van der Waals surface area (Å²) in [5.41, 5.74) is 3.73. The Morgan fingerprint density at radius 1 is 1.38 bits per heavy atom. The smallest absolute Gasteiger partial charge is 0.127 e. The van der Waals surface area contributed by atoms with Crippen LogP contribution in [-0.2, 0) is 4.79 Å².